The summed E-state index contributed by atoms with van der Waals surface area (Å²) in [6, 6.07) is 12.5. The van der Waals surface area contributed by atoms with E-state index in [2.05, 4.69) is 57.7 Å². The summed E-state index contributed by atoms with van der Waals surface area (Å²) in [5.74, 6) is 3.17. The monoisotopic (exact) mass is 405 g/mol. The maximum absolute atomic E-state index is 12.7. The minimum Gasteiger partial charge on any atom is -0.454 e. The Labute approximate surface area is 179 Å². The third kappa shape index (κ3) is 4.07. The normalized spacial score (nSPS) is 18.3. The molecule has 1 fully saturated rings. The smallest absolute Gasteiger partial charge is 0.223 e. The van der Waals surface area contributed by atoms with Gasteiger partial charge in [-0.1, -0.05) is 31.5 Å². The molecule has 30 heavy (non-hydrogen) atoms. The lowest BCUT2D eigenvalue weighted by molar-refractivity contribution is -0.135. The van der Waals surface area contributed by atoms with Gasteiger partial charge in [-0.05, 0) is 56.5 Å². The number of benzene rings is 2. The zero-order valence-corrected chi connectivity index (χ0v) is 18.6. The fourth-order valence-corrected chi connectivity index (χ4v) is 4.22. The van der Waals surface area contributed by atoms with E-state index in [1.165, 1.54) is 5.56 Å². The highest BCUT2D eigenvalue weighted by Crippen LogP contribution is 2.39. The van der Waals surface area contributed by atoms with E-state index in [-0.39, 0.29) is 11.9 Å². The summed E-state index contributed by atoms with van der Waals surface area (Å²) in [5, 5.41) is 0. The Morgan fingerprint density at radius 1 is 1.10 bits per heavy atom. The molecule has 0 radical (unpaired) electrons. The minimum atomic E-state index is 0.141. The fraction of sp³-hybridized carbons (Fsp3) is 0.440. The van der Waals surface area contributed by atoms with Crippen molar-refractivity contribution in [2.24, 2.45) is 10.9 Å². The number of hydrogen-bond acceptors (Lipinski definition) is 4. The Hall–Kier alpha value is -2.82. The van der Waals surface area contributed by atoms with E-state index >= 15 is 0 Å². The number of fused-ring (bicyclic) bond motifs is 2. The van der Waals surface area contributed by atoms with Gasteiger partial charge in [-0.3, -0.25) is 4.79 Å². The first-order valence-corrected chi connectivity index (χ1v) is 10.8. The van der Waals surface area contributed by atoms with Crippen molar-refractivity contribution in [3.05, 3.63) is 53.1 Å². The van der Waals surface area contributed by atoms with Crippen molar-refractivity contribution >= 4 is 17.4 Å². The predicted octanol–water partition coefficient (Wildman–Crippen LogP) is 5.07. The molecule has 4 rings (SSSR count). The van der Waals surface area contributed by atoms with Crippen LogP contribution in [0.15, 0.2) is 41.4 Å². The third-order valence-corrected chi connectivity index (χ3v) is 5.77. The summed E-state index contributed by atoms with van der Waals surface area (Å²) in [6.45, 7) is 12.7. The van der Waals surface area contributed by atoms with Crippen LogP contribution in [0.25, 0.3) is 0 Å². The van der Waals surface area contributed by atoms with Gasteiger partial charge in [-0.25, -0.2) is 4.99 Å². The Morgan fingerprint density at radius 2 is 1.83 bits per heavy atom. The third-order valence-electron chi connectivity index (χ3n) is 5.77. The molecule has 1 amide bonds. The van der Waals surface area contributed by atoms with Crippen molar-refractivity contribution in [1.29, 1.82) is 0 Å². The van der Waals surface area contributed by atoms with Crippen molar-refractivity contribution in [3.8, 4) is 11.5 Å². The molecular formula is C25H31N3O2. The number of piperazine rings is 1. The molecule has 5 heteroatoms. The number of rotatable bonds is 2. The molecule has 0 N–H and O–H groups in total. The molecule has 0 spiro atoms. The van der Waals surface area contributed by atoms with Gasteiger partial charge in [0.1, 0.15) is 17.3 Å². The second-order valence-electron chi connectivity index (χ2n) is 8.99. The number of carbonyl (C=O) groups is 1. The first-order chi connectivity index (χ1) is 14.3. The Morgan fingerprint density at radius 3 is 2.57 bits per heavy atom. The lowest BCUT2D eigenvalue weighted by atomic mass is 10.1. The van der Waals surface area contributed by atoms with E-state index in [1.54, 1.807) is 0 Å². The van der Waals surface area contributed by atoms with E-state index in [4.69, 9.17) is 9.73 Å². The van der Waals surface area contributed by atoms with Crippen LogP contribution in [0.3, 0.4) is 0 Å². The van der Waals surface area contributed by atoms with Crippen LogP contribution in [0.4, 0.5) is 5.69 Å². The van der Waals surface area contributed by atoms with Crippen LogP contribution in [0.1, 0.15) is 43.9 Å². The molecule has 1 saturated heterocycles. The molecule has 2 aromatic rings. The number of amides is 1. The molecule has 0 unspecified atom stereocenters. The van der Waals surface area contributed by atoms with E-state index < -0.39 is 0 Å². The van der Waals surface area contributed by atoms with Gasteiger partial charge in [-0.15, -0.1) is 0 Å². The number of amidine groups is 1. The first kappa shape index (κ1) is 20.5. The fourth-order valence-electron chi connectivity index (χ4n) is 4.22. The molecule has 0 bridgehead atoms. The van der Waals surface area contributed by atoms with Crippen LogP contribution >= 0.6 is 0 Å². The van der Waals surface area contributed by atoms with Gasteiger partial charge in [-0.2, -0.15) is 0 Å². The maximum atomic E-state index is 12.7. The summed E-state index contributed by atoms with van der Waals surface area (Å²) in [6.07, 6.45) is 0.605. The van der Waals surface area contributed by atoms with Crippen LogP contribution in [-0.4, -0.2) is 47.2 Å². The Bertz CT molecular complexity index is 996. The number of aliphatic imine (C=N–C) groups is 1. The summed E-state index contributed by atoms with van der Waals surface area (Å²) in [4.78, 5) is 22.0. The van der Waals surface area contributed by atoms with Crippen molar-refractivity contribution in [3.63, 3.8) is 0 Å². The van der Waals surface area contributed by atoms with E-state index in [0.717, 1.165) is 47.2 Å². The largest absolute Gasteiger partial charge is 0.454 e. The zero-order chi connectivity index (χ0) is 21.4. The molecule has 2 aliphatic heterocycles. The molecule has 5 nitrogen and oxygen atoms in total. The van der Waals surface area contributed by atoms with Crippen LogP contribution in [0.2, 0.25) is 0 Å². The zero-order valence-electron chi connectivity index (χ0n) is 18.6. The Kier molecular flexibility index (Phi) is 5.54. The van der Waals surface area contributed by atoms with Crippen LogP contribution in [0.5, 0.6) is 11.5 Å². The Balaban J connectivity index is 1.68. The summed E-state index contributed by atoms with van der Waals surface area (Å²) < 4.78 is 6.28. The number of hydrogen-bond donors (Lipinski definition) is 0. The molecule has 2 aliphatic rings. The number of aryl methyl sites for hydroxylation is 2. The van der Waals surface area contributed by atoms with Crippen molar-refractivity contribution in [2.75, 3.05) is 19.6 Å². The average molecular weight is 406 g/mol. The highest BCUT2D eigenvalue weighted by Gasteiger charge is 2.31. The SMILES string of the molecule is Cc1ccc2c(c1)Oc1ccc(C)cc1C(N1CCN(C(=O)CC(C)C)[C@H](C)C1)=N2. The van der Waals surface area contributed by atoms with Gasteiger partial charge in [0.05, 0.1) is 5.56 Å². The minimum absolute atomic E-state index is 0.141. The summed E-state index contributed by atoms with van der Waals surface area (Å²) >= 11 is 0. The second kappa shape index (κ2) is 8.13. The molecule has 0 aliphatic carbocycles. The molecular weight excluding hydrogens is 374 g/mol. The highest BCUT2D eigenvalue weighted by molar-refractivity contribution is 6.04. The van der Waals surface area contributed by atoms with Crippen molar-refractivity contribution in [2.45, 2.75) is 47.1 Å². The summed E-state index contributed by atoms with van der Waals surface area (Å²) in [7, 11) is 0. The highest BCUT2D eigenvalue weighted by atomic mass is 16.5. The molecule has 0 aromatic heterocycles. The van der Waals surface area contributed by atoms with E-state index in [9.17, 15) is 4.79 Å². The van der Waals surface area contributed by atoms with Gasteiger partial charge in [0.2, 0.25) is 5.91 Å². The predicted molar refractivity (Wildman–Crippen MR) is 121 cm³/mol. The van der Waals surface area contributed by atoms with Gasteiger partial charge in [0.25, 0.3) is 0 Å². The second-order valence-corrected chi connectivity index (χ2v) is 8.99. The van der Waals surface area contributed by atoms with Gasteiger partial charge in [0.15, 0.2) is 5.75 Å². The van der Waals surface area contributed by atoms with Crippen LogP contribution in [-0.2, 0) is 4.79 Å². The van der Waals surface area contributed by atoms with Crippen LogP contribution < -0.4 is 4.74 Å². The first-order valence-electron chi connectivity index (χ1n) is 10.8. The average Bonchev–Trinajstić information content (AvgIpc) is 2.83. The molecule has 0 saturated carbocycles. The number of ether oxygens (including phenoxy) is 1. The quantitative estimate of drug-likeness (QED) is 0.701. The standard InChI is InChI=1S/C25H31N3O2/c1-16(2)12-24(29)28-11-10-27(15-19(28)5)25-20-13-17(3)7-9-22(20)30-23-14-18(4)6-8-21(23)26-25/h6-9,13-14,16,19H,10-12,15H2,1-5H3/t19-/m1/s1. The lowest BCUT2D eigenvalue weighted by Crippen LogP contribution is -2.55. The van der Waals surface area contributed by atoms with Crippen molar-refractivity contribution in [1.82, 2.24) is 9.80 Å². The van der Waals surface area contributed by atoms with E-state index in [0.29, 0.717) is 18.9 Å². The van der Waals surface area contributed by atoms with E-state index in [1.807, 2.05) is 23.1 Å². The van der Waals surface area contributed by atoms with Gasteiger partial charge >= 0.3 is 0 Å². The van der Waals surface area contributed by atoms with Crippen molar-refractivity contribution < 1.29 is 9.53 Å². The van der Waals surface area contributed by atoms with Crippen LogP contribution in [0, 0.1) is 19.8 Å². The lowest BCUT2D eigenvalue weighted by Gasteiger charge is -2.41. The van der Waals surface area contributed by atoms with Gasteiger partial charge in [0, 0.05) is 32.1 Å². The molecule has 2 heterocycles. The molecule has 2 aromatic carbocycles. The molecule has 158 valence electrons. The maximum Gasteiger partial charge on any atom is 0.223 e. The van der Waals surface area contributed by atoms with Gasteiger partial charge < -0.3 is 14.5 Å². The summed E-state index contributed by atoms with van der Waals surface area (Å²) in [5.41, 5.74) is 4.17. The number of carbonyl (C=O) groups excluding carboxylic acids is 1. The topological polar surface area (TPSA) is 45.1 Å². The number of nitrogens with zero attached hydrogens (tertiary/aromatic N) is 3. The molecule has 1 atom stereocenters.